The molecule has 1 aromatic carbocycles. The lowest BCUT2D eigenvalue weighted by Gasteiger charge is -2.45. The van der Waals surface area contributed by atoms with Gasteiger partial charge in [-0.2, -0.15) is 0 Å². The van der Waals surface area contributed by atoms with Gasteiger partial charge in [-0.3, -0.25) is 14.5 Å². The molecule has 0 unspecified atom stereocenters. The monoisotopic (exact) mass is 557 g/mol. The van der Waals surface area contributed by atoms with Crippen LogP contribution in [-0.4, -0.2) is 103 Å². The zero-order chi connectivity index (χ0) is 28.7. The fourth-order valence-electron chi connectivity index (χ4n) is 6.64. The van der Waals surface area contributed by atoms with Crippen LogP contribution >= 0.6 is 0 Å². The summed E-state index contributed by atoms with van der Waals surface area (Å²) in [7, 11) is 1.66. The van der Waals surface area contributed by atoms with Crippen molar-refractivity contribution in [1.82, 2.24) is 14.7 Å². The number of fused-ring (bicyclic) bond motifs is 1. The molecule has 3 heterocycles. The fourth-order valence-corrected chi connectivity index (χ4v) is 6.64. The molecule has 0 radical (unpaired) electrons. The molecule has 3 saturated heterocycles. The van der Waals surface area contributed by atoms with Gasteiger partial charge in [0.25, 0.3) is 0 Å². The van der Waals surface area contributed by atoms with Gasteiger partial charge in [0.2, 0.25) is 11.8 Å². The summed E-state index contributed by atoms with van der Waals surface area (Å²) in [4.78, 5) is 32.1. The number of piperidine rings is 2. The Morgan fingerprint density at radius 2 is 1.77 bits per heavy atom. The molecule has 0 aromatic heterocycles. The molecule has 3 atom stereocenters. The molecule has 0 bridgehead atoms. The van der Waals surface area contributed by atoms with Gasteiger partial charge >= 0.3 is 0 Å². The summed E-state index contributed by atoms with van der Waals surface area (Å²) >= 11 is 0. The number of hydrogen-bond donors (Lipinski definition) is 1. The average Bonchev–Trinajstić information content (AvgIpc) is 2.96. The van der Waals surface area contributed by atoms with Gasteiger partial charge in [0.05, 0.1) is 19.8 Å². The minimum atomic E-state index is -0.661. The highest BCUT2D eigenvalue weighted by Gasteiger charge is 2.37. The van der Waals surface area contributed by atoms with Crippen molar-refractivity contribution in [3.63, 3.8) is 0 Å². The highest BCUT2D eigenvalue weighted by molar-refractivity contribution is 5.76. The van der Waals surface area contributed by atoms with E-state index in [0.717, 1.165) is 76.0 Å². The molecule has 3 aliphatic rings. The lowest BCUT2D eigenvalue weighted by Crippen LogP contribution is -2.51. The fraction of sp³-hybridized carbons (Fsp3) is 0.750. The maximum atomic E-state index is 13.8. The molecule has 2 amide bonds. The highest BCUT2D eigenvalue weighted by Crippen LogP contribution is 2.34. The number of ether oxygens (including phenoxy) is 2. The number of hydrogen-bond acceptors (Lipinski definition) is 6. The lowest BCUT2D eigenvalue weighted by molar-refractivity contribution is -0.136. The van der Waals surface area contributed by atoms with E-state index in [9.17, 15) is 14.7 Å². The average molecular weight is 558 g/mol. The Bertz CT molecular complexity index is 960. The molecular weight excluding hydrogens is 506 g/mol. The van der Waals surface area contributed by atoms with Crippen LogP contribution in [0.15, 0.2) is 24.3 Å². The van der Waals surface area contributed by atoms with Crippen LogP contribution in [0.4, 0.5) is 0 Å². The van der Waals surface area contributed by atoms with E-state index < -0.39 is 11.5 Å². The first kappa shape index (κ1) is 30.8. The number of β-amino-alcohol motifs (C(OH)–C–C–N with tert-alkyl or cyclic N) is 1. The van der Waals surface area contributed by atoms with E-state index >= 15 is 0 Å². The number of aliphatic hydroxyl groups excluding tert-OH is 1. The normalized spacial score (nSPS) is 27.7. The van der Waals surface area contributed by atoms with Crippen LogP contribution in [0.1, 0.15) is 64.9 Å². The number of amides is 2. The standard InChI is InChI=1S/C32H51N3O5/c1-24(36)33-17-13-28(14-18-33)34-16-12-26-20-31(38)35(15-11-25-7-9-29(39-4)10-8-25)22-30(37)32(2,3)23-40-19-5-6-27(26)21-34/h7-10,26-28,30,37H,5-6,11-23H2,1-4H3/t26-,27-,30-/m0/s1. The van der Waals surface area contributed by atoms with Crippen molar-refractivity contribution in [2.45, 2.75) is 77.9 Å². The molecule has 3 aliphatic heterocycles. The number of carbonyl (C=O) groups excluding carboxylic acids is 2. The van der Waals surface area contributed by atoms with Crippen molar-refractivity contribution in [3.8, 4) is 5.75 Å². The predicted octanol–water partition coefficient (Wildman–Crippen LogP) is 3.60. The van der Waals surface area contributed by atoms with E-state index in [2.05, 4.69) is 4.90 Å². The van der Waals surface area contributed by atoms with Crippen molar-refractivity contribution in [2.75, 3.05) is 59.6 Å². The number of rotatable bonds is 5. The first-order chi connectivity index (χ1) is 19.2. The number of aliphatic hydroxyl groups is 1. The van der Waals surface area contributed by atoms with E-state index in [1.807, 2.05) is 47.9 Å². The maximum absolute atomic E-state index is 13.8. The van der Waals surface area contributed by atoms with Crippen LogP contribution < -0.4 is 4.74 Å². The van der Waals surface area contributed by atoms with E-state index in [0.29, 0.717) is 50.6 Å². The largest absolute Gasteiger partial charge is 0.497 e. The molecule has 1 aromatic rings. The van der Waals surface area contributed by atoms with E-state index in [4.69, 9.17) is 9.47 Å². The summed E-state index contributed by atoms with van der Waals surface area (Å²) in [6.45, 7) is 11.5. The molecule has 1 N–H and O–H groups in total. The molecule has 3 fully saturated rings. The summed E-state index contributed by atoms with van der Waals surface area (Å²) < 4.78 is 11.4. The third-order valence-electron chi connectivity index (χ3n) is 9.60. The summed E-state index contributed by atoms with van der Waals surface area (Å²) in [5.74, 6) is 1.95. The Labute approximate surface area is 241 Å². The summed E-state index contributed by atoms with van der Waals surface area (Å²) in [6, 6.07) is 8.52. The SMILES string of the molecule is COc1ccc(CCN2C[C@H](O)C(C)(C)COCCC[C@H]3CN(C4CCN(C(C)=O)CC4)CC[C@H]3CC2=O)cc1. The van der Waals surface area contributed by atoms with E-state index in [-0.39, 0.29) is 11.8 Å². The first-order valence-corrected chi connectivity index (χ1v) is 15.3. The molecule has 40 heavy (non-hydrogen) atoms. The molecule has 0 aliphatic carbocycles. The summed E-state index contributed by atoms with van der Waals surface area (Å²) in [6.07, 6.45) is 5.72. The van der Waals surface area contributed by atoms with Gasteiger partial charge in [0.1, 0.15) is 5.75 Å². The van der Waals surface area contributed by atoms with Crippen LogP contribution in [-0.2, 0) is 20.7 Å². The third-order valence-corrected chi connectivity index (χ3v) is 9.60. The second kappa shape index (κ2) is 14.1. The van der Waals surface area contributed by atoms with Gasteiger partial charge in [-0.1, -0.05) is 26.0 Å². The maximum Gasteiger partial charge on any atom is 0.222 e. The van der Waals surface area contributed by atoms with Crippen LogP contribution in [0.25, 0.3) is 0 Å². The Kier molecular flexibility index (Phi) is 10.9. The molecular formula is C32H51N3O5. The number of benzene rings is 1. The van der Waals surface area contributed by atoms with Crippen LogP contribution in [0.5, 0.6) is 5.75 Å². The molecule has 8 heteroatoms. The topological polar surface area (TPSA) is 82.6 Å². The van der Waals surface area contributed by atoms with Crippen molar-refractivity contribution < 1.29 is 24.2 Å². The van der Waals surface area contributed by atoms with Crippen molar-refractivity contribution >= 4 is 11.8 Å². The molecule has 0 saturated carbocycles. The van der Waals surface area contributed by atoms with Crippen LogP contribution in [0.3, 0.4) is 0 Å². The Hall–Kier alpha value is -2.16. The smallest absolute Gasteiger partial charge is 0.222 e. The van der Waals surface area contributed by atoms with E-state index in [1.54, 1.807) is 14.0 Å². The summed E-state index contributed by atoms with van der Waals surface area (Å²) in [5, 5.41) is 11.2. The van der Waals surface area contributed by atoms with Crippen LogP contribution in [0, 0.1) is 17.3 Å². The minimum absolute atomic E-state index is 0.154. The molecule has 224 valence electrons. The van der Waals surface area contributed by atoms with Gasteiger partial charge in [0, 0.05) is 64.1 Å². The van der Waals surface area contributed by atoms with Crippen molar-refractivity contribution in [3.05, 3.63) is 29.8 Å². The van der Waals surface area contributed by atoms with Crippen molar-refractivity contribution in [1.29, 1.82) is 0 Å². The van der Waals surface area contributed by atoms with E-state index in [1.165, 1.54) is 0 Å². The molecule has 4 rings (SSSR count). The Balaban J connectivity index is 1.44. The number of likely N-dealkylation sites (tertiary alicyclic amines) is 2. The first-order valence-electron chi connectivity index (χ1n) is 15.3. The summed E-state index contributed by atoms with van der Waals surface area (Å²) in [5.41, 5.74) is 0.709. The van der Waals surface area contributed by atoms with Gasteiger partial charge in [-0.25, -0.2) is 0 Å². The number of methoxy groups -OCH3 is 1. The van der Waals surface area contributed by atoms with Crippen molar-refractivity contribution in [2.24, 2.45) is 17.3 Å². The second-order valence-electron chi connectivity index (χ2n) is 12.9. The Morgan fingerprint density at radius 1 is 1.05 bits per heavy atom. The van der Waals surface area contributed by atoms with Gasteiger partial charge in [-0.05, 0) is 74.6 Å². The quantitative estimate of drug-likeness (QED) is 0.596. The zero-order valence-electron chi connectivity index (χ0n) is 25.1. The number of carbonyl (C=O) groups is 2. The third kappa shape index (κ3) is 8.20. The molecule has 8 nitrogen and oxygen atoms in total. The number of nitrogens with zero attached hydrogens (tertiary/aromatic N) is 3. The van der Waals surface area contributed by atoms with Gasteiger partial charge < -0.3 is 24.4 Å². The zero-order valence-corrected chi connectivity index (χ0v) is 25.1. The minimum Gasteiger partial charge on any atom is -0.497 e. The Morgan fingerprint density at radius 3 is 2.45 bits per heavy atom. The van der Waals surface area contributed by atoms with Gasteiger partial charge in [0.15, 0.2) is 0 Å². The highest BCUT2D eigenvalue weighted by atomic mass is 16.5. The predicted molar refractivity (Wildman–Crippen MR) is 156 cm³/mol. The molecule has 0 spiro atoms. The lowest BCUT2D eigenvalue weighted by atomic mass is 9.79. The second-order valence-corrected chi connectivity index (χ2v) is 12.9. The van der Waals surface area contributed by atoms with Gasteiger partial charge in [-0.15, -0.1) is 0 Å². The van der Waals surface area contributed by atoms with Crippen LogP contribution in [0.2, 0.25) is 0 Å².